The van der Waals surface area contributed by atoms with Crippen molar-refractivity contribution in [3.63, 3.8) is 0 Å². The van der Waals surface area contributed by atoms with Crippen LogP contribution in [0.2, 0.25) is 0 Å². The van der Waals surface area contributed by atoms with Gasteiger partial charge in [-0.15, -0.1) is 11.3 Å². The van der Waals surface area contributed by atoms with Gasteiger partial charge in [0.2, 0.25) is 10.0 Å². The fourth-order valence-electron chi connectivity index (χ4n) is 1.41. The number of nitrogens with one attached hydrogen (secondary N) is 1. The van der Waals surface area contributed by atoms with Crippen molar-refractivity contribution in [1.29, 1.82) is 5.26 Å². The highest BCUT2D eigenvalue weighted by Crippen LogP contribution is 2.29. The molecule has 0 saturated heterocycles. The molecular formula is C11H14N2O4S2. The Kier molecular flexibility index (Phi) is 4.91. The quantitative estimate of drug-likeness (QED) is 0.838. The number of carbonyl (C=O) groups excluding carboxylic acids is 1. The summed E-state index contributed by atoms with van der Waals surface area (Å²) in [6, 6.07) is 1.72. The lowest BCUT2D eigenvalue weighted by Gasteiger charge is -2.12. The highest BCUT2D eigenvalue weighted by atomic mass is 32.2. The third-order valence-electron chi connectivity index (χ3n) is 2.48. The molecule has 0 aliphatic rings. The minimum Gasteiger partial charge on any atom is -0.465 e. The average Bonchev–Trinajstić information content (AvgIpc) is 2.71. The lowest BCUT2D eigenvalue weighted by Crippen LogP contribution is -2.26. The van der Waals surface area contributed by atoms with Gasteiger partial charge in [0.25, 0.3) is 0 Å². The smallest absolute Gasteiger partial charge is 0.350 e. The molecule has 0 aliphatic heterocycles. The molecule has 0 aromatic carbocycles. The van der Waals surface area contributed by atoms with Crippen molar-refractivity contribution in [3.05, 3.63) is 15.8 Å². The lowest BCUT2D eigenvalue weighted by atomic mass is 10.3. The number of methoxy groups -OCH3 is 1. The van der Waals surface area contributed by atoms with Crippen LogP contribution in [0.5, 0.6) is 0 Å². The number of esters is 1. The van der Waals surface area contributed by atoms with E-state index in [1.54, 1.807) is 25.3 Å². The summed E-state index contributed by atoms with van der Waals surface area (Å²) < 4.78 is 30.9. The Morgan fingerprint density at radius 2 is 2.26 bits per heavy atom. The van der Waals surface area contributed by atoms with Gasteiger partial charge in [-0.1, -0.05) is 6.92 Å². The zero-order valence-corrected chi connectivity index (χ0v) is 12.4. The number of nitrogens with zero attached hydrogens (tertiary/aromatic N) is 1. The van der Waals surface area contributed by atoms with Crippen LogP contribution in [0.1, 0.15) is 28.6 Å². The van der Waals surface area contributed by atoms with Crippen molar-refractivity contribution in [2.24, 2.45) is 0 Å². The first kappa shape index (κ1) is 15.5. The second-order valence-corrected chi connectivity index (χ2v) is 6.53. The summed E-state index contributed by atoms with van der Waals surface area (Å²) in [5.74, 6) is -0.610. The Morgan fingerprint density at radius 1 is 1.63 bits per heavy atom. The minimum atomic E-state index is -3.84. The molecule has 0 fully saturated rings. The van der Waals surface area contributed by atoms with Gasteiger partial charge in [0, 0.05) is 0 Å². The maximum absolute atomic E-state index is 12.0. The molecule has 0 spiro atoms. The van der Waals surface area contributed by atoms with Crippen molar-refractivity contribution in [1.82, 2.24) is 0 Å². The van der Waals surface area contributed by atoms with E-state index in [4.69, 9.17) is 5.26 Å². The van der Waals surface area contributed by atoms with Crippen LogP contribution < -0.4 is 4.72 Å². The molecule has 1 rings (SSSR count). The van der Waals surface area contributed by atoms with Crippen molar-refractivity contribution < 1.29 is 17.9 Å². The summed E-state index contributed by atoms with van der Waals surface area (Å²) in [5, 5.41) is 9.32. The molecule has 1 heterocycles. The minimum absolute atomic E-state index is 0.169. The van der Waals surface area contributed by atoms with Crippen LogP contribution in [0.25, 0.3) is 0 Å². The maximum Gasteiger partial charge on any atom is 0.350 e. The SMILES string of the molecule is CCC(C#N)S(=O)(=O)Nc1c(C)csc1C(=O)OC. The van der Waals surface area contributed by atoms with Crippen LogP contribution in [-0.2, 0) is 14.8 Å². The van der Waals surface area contributed by atoms with Gasteiger partial charge in [-0.25, -0.2) is 13.2 Å². The predicted octanol–water partition coefficient (Wildman–Crippen LogP) is 1.89. The van der Waals surface area contributed by atoms with Gasteiger partial charge < -0.3 is 4.74 Å². The molecular weight excluding hydrogens is 288 g/mol. The van der Waals surface area contributed by atoms with Crippen molar-refractivity contribution >= 4 is 33.0 Å². The summed E-state index contributed by atoms with van der Waals surface area (Å²) in [6.07, 6.45) is 0.169. The largest absolute Gasteiger partial charge is 0.465 e. The third-order valence-corrected chi connectivity index (χ3v) is 5.23. The first-order chi connectivity index (χ1) is 8.87. The van der Waals surface area contributed by atoms with Gasteiger partial charge >= 0.3 is 5.97 Å². The lowest BCUT2D eigenvalue weighted by molar-refractivity contribution is 0.0607. The Labute approximate surface area is 116 Å². The Bertz CT molecular complexity index is 613. The zero-order chi connectivity index (χ0) is 14.6. The first-order valence-corrected chi connectivity index (χ1v) is 7.87. The van der Waals surface area contributed by atoms with E-state index in [1.807, 2.05) is 0 Å². The maximum atomic E-state index is 12.0. The molecule has 1 aromatic rings. The number of thiophene rings is 1. The van der Waals surface area contributed by atoms with Gasteiger partial charge in [0.05, 0.1) is 18.9 Å². The van der Waals surface area contributed by atoms with E-state index in [-0.39, 0.29) is 17.0 Å². The summed E-state index contributed by atoms with van der Waals surface area (Å²) >= 11 is 1.09. The molecule has 1 unspecified atom stereocenters. The van der Waals surface area contributed by atoms with Crippen LogP contribution in [0.15, 0.2) is 5.38 Å². The Morgan fingerprint density at radius 3 is 2.74 bits per heavy atom. The summed E-state index contributed by atoms with van der Waals surface area (Å²) in [5.41, 5.74) is 0.798. The molecule has 104 valence electrons. The molecule has 1 N–H and O–H groups in total. The Balaban J connectivity index is 3.17. The van der Waals surface area contributed by atoms with Crippen LogP contribution in [0.4, 0.5) is 5.69 Å². The van der Waals surface area contributed by atoms with E-state index in [2.05, 4.69) is 9.46 Å². The number of nitriles is 1. The number of rotatable bonds is 5. The van der Waals surface area contributed by atoms with E-state index in [0.717, 1.165) is 11.3 Å². The van der Waals surface area contributed by atoms with E-state index in [1.165, 1.54) is 7.11 Å². The van der Waals surface area contributed by atoms with Crippen LogP contribution in [0, 0.1) is 18.3 Å². The number of hydrogen-bond donors (Lipinski definition) is 1. The van der Waals surface area contributed by atoms with Crippen molar-refractivity contribution in [3.8, 4) is 6.07 Å². The van der Waals surface area contributed by atoms with E-state index in [0.29, 0.717) is 5.56 Å². The fourth-order valence-corrected chi connectivity index (χ4v) is 3.66. The van der Waals surface area contributed by atoms with Gasteiger partial charge in [-0.05, 0) is 24.3 Å². The van der Waals surface area contributed by atoms with E-state index < -0.39 is 21.2 Å². The monoisotopic (exact) mass is 302 g/mol. The predicted molar refractivity (Wildman–Crippen MR) is 72.6 cm³/mol. The standard InChI is InChI=1S/C11H14N2O4S2/c1-4-8(5-12)19(15,16)13-9-7(2)6-18-10(9)11(14)17-3/h6,8,13H,4H2,1-3H3. The normalized spacial score (nSPS) is 12.5. The summed E-state index contributed by atoms with van der Waals surface area (Å²) in [4.78, 5) is 11.7. The molecule has 6 nitrogen and oxygen atoms in total. The molecule has 1 atom stereocenters. The number of ether oxygens (including phenoxy) is 1. The summed E-state index contributed by atoms with van der Waals surface area (Å²) in [7, 11) is -2.62. The molecule has 19 heavy (non-hydrogen) atoms. The van der Waals surface area contributed by atoms with E-state index >= 15 is 0 Å². The zero-order valence-electron chi connectivity index (χ0n) is 10.8. The fraction of sp³-hybridized carbons (Fsp3) is 0.455. The van der Waals surface area contributed by atoms with Crippen LogP contribution in [-0.4, -0.2) is 26.7 Å². The highest BCUT2D eigenvalue weighted by Gasteiger charge is 2.27. The van der Waals surface area contributed by atoms with Crippen molar-refractivity contribution in [2.45, 2.75) is 25.5 Å². The number of hydrogen-bond acceptors (Lipinski definition) is 6. The number of carbonyl (C=O) groups is 1. The molecule has 0 aliphatic carbocycles. The first-order valence-electron chi connectivity index (χ1n) is 5.45. The van der Waals surface area contributed by atoms with Gasteiger partial charge in [-0.2, -0.15) is 5.26 Å². The summed E-state index contributed by atoms with van der Waals surface area (Å²) in [6.45, 7) is 3.28. The average molecular weight is 302 g/mol. The van der Waals surface area contributed by atoms with Gasteiger partial charge in [0.15, 0.2) is 5.25 Å². The number of sulfonamides is 1. The van der Waals surface area contributed by atoms with Gasteiger partial charge in [0.1, 0.15) is 4.88 Å². The number of anilines is 1. The molecule has 0 amide bonds. The third kappa shape index (κ3) is 3.24. The molecule has 0 saturated carbocycles. The van der Waals surface area contributed by atoms with Crippen LogP contribution in [0.3, 0.4) is 0 Å². The molecule has 1 aromatic heterocycles. The second-order valence-electron chi connectivity index (χ2n) is 3.79. The highest BCUT2D eigenvalue weighted by molar-refractivity contribution is 7.93. The molecule has 0 radical (unpaired) electrons. The Hall–Kier alpha value is -1.59. The van der Waals surface area contributed by atoms with Crippen LogP contribution >= 0.6 is 11.3 Å². The van der Waals surface area contributed by atoms with Gasteiger partial charge in [-0.3, -0.25) is 4.72 Å². The molecule has 8 heteroatoms. The topological polar surface area (TPSA) is 96.3 Å². The molecule has 0 bridgehead atoms. The second kappa shape index (κ2) is 6.04. The number of aryl methyl sites for hydroxylation is 1. The van der Waals surface area contributed by atoms with Crippen molar-refractivity contribution in [2.75, 3.05) is 11.8 Å². The van der Waals surface area contributed by atoms with E-state index in [9.17, 15) is 13.2 Å².